The van der Waals surface area contributed by atoms with Crippen LogP contribution in [0, 0.1) is 0 Å². The van der Waals surface area contributed by atoms with E-state index in [2.05, 4.69) is 10.3 Å². The molecule has 1 aliphatic carbocycles. The van der Waals surface area contributed by atoms with Crippen LogP contribution in [0.15, 0.2) is 12.1 Å². The van der Waals surface area contributed by atoms with E-state index in [4.69, 9.17) is 11.6 Å². The molecule has 1 aliphatic rings. The molecule has 114 valence electrons. The molecule has 0 saturated heterocycles. The van der Waals surface area contributed by atoms with Crippen LogP contribution < -0.4 is 5.32 Å². The molecule has 1 saturated carbocycles. The van der Waals surface area contributed by atoms with Gasteiger partial charge in [0, 0.05) is 11.3 Å². The Bertz CT molecular complexity index is 554. The lowest BCUT2D eigenvalue weighted by molar-refractivity contribution is -0.145. The zero-order chi connectivity index (χ0) is 15.5. The van der Waals surface area contributed by atoms with Crippen molar-refractivity contribution >= 4 is 23.5 Å². The van der Waals surface area contributed by atoms with E-state index in [1.165, 1.54) is 6.07 Å². The third-order valence-electron chi connectivity index (χ3n) is 3.94. The zero-order valence-electron chi connectivity index (χ0n) is 12.0. The van der Waals surface area contributed by atoms with Gasteiger partial charge in [0.25, 0.3) is 5.91 Å². The standard InChI is InChI=1S/C15H19ClN2O3/c1-2-11-8-10(9-12(16)17-11)13(19)18-15(14(20)21)6-4-3-5-7-15/h8-9H,2-7H2,1H3,(H,18,19)(H,20,21). The molecule has 21 heavy (non-hydrogen) atoms. The monoisotopic (exact) mass is 310 g/mol. The molecule has 2 N–H and O–H groups in total. The van der Waals surface area contributed by atoms with E-state index in [1.54, 1.807) is 6.07 Å². The largest absolute Gasteiger partial charge is 0.480 e. The average molecular weight is 311 g/mol. The molecular formula is C15H19ClN2O3. The first-order valence-electron chi connectivity index (χ1n) is 7.19. The fourth-order valence-corrected chi connectivity index (χ4v) is 2.93. The first-order valence-corrected chi connectivity index (χ1v) is 7.57. The lowest BCUT2D eigenvalue weighted by Gasteiger charge is -2.34. The lowest BCUT2D eigenvalue weighted by atomic mass is 9.81. The number of hydrogen-bond donors (Lipinski definition) is 2. The molecule has 6 heteroatoms. The summed E-state index contributed by atoms with van der Waals surface area (Å²) in [5.74, 6) is -1.37. The second kappa shape index (κ2) is 6.43. The molecule has 1 fully saturated rings. The van der Waals surface area contributed by atoms with Crippen molar-refractivity contribution in [3.63, 3.8) is 0 Å². The second-order valence-corrected chi connectivity index (χ2v) is 5.81. The summed E-state index contributed by atoms with van der Waals surface area (Å²) in [6, 6.07) is 3.12. The van der Waals surface area contributed by atoms with Gasteiger partial charge < -0.3 is 10.4 Å². The number of carboxylic acids is 1. The number of nitrogens with zero attached hydrogens (tertiary/aromatic N) is 1. The molecule has 1 aromatic heterocycles. The maximum Gasteiger partial charge on any atom is 0.329 e. The summed E-state index contributed by atoms with van der Waals surface area (Å²) in [4.78, 5) is 28.1. The minimum absolute atomic E-state index is 0.243. The highest BCUT2D eigenvalue weighted by Crippen LogP contribution is 2.29. The lowest BCUT2D eigenvalue weighted by Crippen LogP contribution is -2.55. The van der Waals surface area contributed by atoms with Gasteiger partial charge in [-0.15, -0.1) is 0 Å². The van der Waals surface area contributed by atoms with Crippen LogP contribution >= 0.6 is 11.6 Å². The summed E-state index contributed by atoms with van der Waals surface area (Å²) in [5, 5.41) is 12.4. The van der Waals surface area contributed by atoms with Crippen LogP contribution in [0.25, 0.3) is 0 Å². The van der Waals surface area contributed by atoms with E-state index < -0.39 is 17.4 Å². The van der Waals surface area contributed by atoms with Crippen molar-refractivity contribution in [3.05, 3.63) is 28.5 Å². The van der Waals surface area contributed by atoms with Gasteiger partial charge in [-0.2, -0.15) is 0 Å². The number of rotatable bonds is 4. The number of hydrogen-bond acceptors (Lipinski definition) is 3. The molecule has 0 spiro atoms. The molecule has 1 amide bonds. The molecule has 1 heterocycles. The number of aromatic nitrogens is 1. The highest BCUT2D eigenvalue weighted by atomic mass is 35.5. The van der Waals surface area contributed by atoms with E-state index in [1.807, 2.05) is 6.92 Å². The van der Waals surface area contributed by atoms with Crippen LogP contribution in [0.4, 0.5) is 0 Å². The molecule has 0 radical (unpaired) electrons. The van der Waals surface area contributed by atoms with E-state index in [0.717, 1.165) is 19.3 Å². The Labute approximate surface area is 128 Å². The Balaban J connectivity index is 2.23. The van der Waals surface area contributed by atoms with Gasteiger partial charge in [0.2, 0.25) is 0 Å². The Morgan fingerprint density at radius 3 is 2.57 bits per heavy atom. The van der Waals surface area contributed by atoms with Gasteiger partial charge in [-0.3, -0.25) is 4.79 Å². The van der Waals surface area contributed by atoms with Crippen molar-refractivity contribution in [2.75, 3.05) is 0 Å². The van der Waals surface area contributed by atoms with Crippen molar-refractivity contribution in [2.45, 2.75) is 51.0 Å². The molecule has 0 unspecified atom stereocenters. The summed E-state index contributed by atoms with van der Waals surface area (Å²) in [5.41, 5.74) is -0.0870. The maximum absolute atomic E-state index is 12.4. The van der Waals surface area contributed by atoms with Crippen molar-refractivity contribution < 1.29 is 14.7 Å². The molecule has 0 atom stereocenters. The SMILES string of the molecule is CCc1cc(C(=O)NC2(C(=O)O)CCCCC2)cc(Cl)n1. The number of carbonyl (C=O) groups is 2. The van der Waals surface area contributed by atoms with Crippen LogP contribution in [-0.2, 0) is 11.2 Å². The van der Waals surface area contributed by atoms with Gasteiger partial charge in [-0.25, -0.2) is 9.78 Å². The van der Waals surface area contributed by atoms with E-state index in [0.29, 0.717) is 30.5 Å². The Morgan fingerprint density at radius 2 is 2.00 bits per heavy atom. The van der Waals surface area contributed by atoms with E-state index in [9.17, 15) is 14.7 Å². The third kappa shape index (κ3) is 3.53. The summed E-state index contributed by atoms with van der Waals surface area (Å²) < 4.78 is 0. The molecule has 2 rings (SSSR count). The molecule has 0 aromatic carbocycles. The quantitative estimate of drug-likeness (QED) is 0.838. The first kappa shape index (κ1) is 15.8. The van der Waals surface area contributed by atoms with Gasteiger partial charge >= 0.3 is 5.97 Å². The van der Waals surface area contributed by atoms with E-state index >= 15 is 0 Å². The molecule has 0 aliphatic heterocycles. The summed E-state index contributed by atoms with van der Waals surface area (Å²) in [6.45, 7) is 1.92. The Hall–Kier alpha value is -1.62. The summed E-state index contributed by atoms with van der Waals surface area (Å²) >= 11 is 5.91. The highest BCUT2D eigenvalue weighted by Gasteiger charge is 2.41. The molecule has 1 aromatic rings. The predicted molar refractivity (Wildman–Crippen MR) is 79.5 cm³/mol. The number of amides is 1. The fraction of sp³-hybridized carbons (Fsp3) is 0.533. The maximum atomic E-state index is 12.4. The smallest absolute Gasteiger partial charge is 0.329 e. The first-order chi connectivity index (χ1) is 9.97. The van der Waals surface area contributed by atoms with Crippen LogP contribution in [-0.4, -0.2) is 27.5 Å². The Kier molecular flexibility index (Phi) is 4.83. The van der Waals surface area contributed by atoms with Gasteiger partial charge in [-0.1, -0.05) is 37.8 Å². The zero-order valence-corrected chi connectivity index (χ0v) is 12.7. The number of nitrogens with one attached hydrogen (secondary N) is 1. The third-order valence-corrected chi connectivity index (χ3v) is 4.13. The van der Waals surface area contributed by atoms with Crippen molar-refractivity contribution in [1.82, 2.24) is 10.3 Å². The van der Waals surface area contributed by atoms with Crippen LogP contribution in [0.1, 0.15) is 55.1 Å². The molecular weight excluding hydrogens is 292 g/mol. The van der Waals surface area contributed by atoms with Crippen molar-refractivity contribution in [3.8, 4) is 0 Å². The Morgan fingerprint density at radius 1 is 1.33 bits per heavy atom. The van der Waals surface area contributed by atoms with Gasteiger partial charge in [-0.05, 0) is 31.4 Å². The van der Waals surface area contributed by atoms with E-state index in [-0.39, 0.29) is 5.15 Å². The predicted octanol–water partition coefficient (Wildman–Crippen LogP) is 2.81. The minimum atomic E-state index is -1.16. The normalized spacial score (nSPS) is 17.2. The van der Waals surface area contributed by atoms with Crippen LogP contribution in [0.2, 0.25) is 5.15 Å². The number of halogens is 1. The van der Waals surface area contributed by atoms with Gasteiger partial charge in [0.15, 0.2) is 0 Å². The van der Waals surface area contributed by atoms with Crippen LogP contribution in [0.3, 0.4) is 0 Å². The topological polar surface area (TPSA) is 79.3 Å². The number of carboxylic acid groups (broad SMARTS) is 1. The number of aliphatic carboxylic acids is 1. The summed E-state index contributed by atoms with van der Waals surface area (Å²) in [7, 11) is 0. The summed E-state index contributed by atoms with van der Waals surface area (Å²) in [6.07, 6.45) is 4.21. The van der Waals surface area contributed by atoms with Gasteiger partial charge in [0.05, 0.1) is 0 Å². The number of pyridine rings is 1. The molecule has 0 bridgehead atoms. The van der Waals surface area contributed by atoms with Crippen LogP contribution in [0.5, 0.6) is 0 Å². The van der Waals surface area contributed by atoms with Crippen molar-refractivity contribution in [2.24, 2.45) is 0 Å². The van der Waals surface area contributed by atoms with Gasteiger partial charge in [0.1, 0.15) is 10.7 Å². The highest BCUT2D eigenvalue weighted by molar-refractivity contribution is 6.29. The average Bonchev–Trinajstić information content (AvgIpc) is 2.47. The number of aryl methyl sites for hydroxylation is 1. The molecule has 5 nitrogen and oxygen atoms in total. The fourth-order valence-electron chi connectivity index (χ4n) is 2.70. The second-order valence-electron chi connectivity index (χ2n) is 5.43. The van der Waals surface area contributed by atoms with Crippen molar-refractivity contribution in [1.29, 1.82) is 0 Å². The number of carbonyl (C=O) groups excluding carboxylic acids is 1. The minimum Gasteiger partial charge on any atom is -0.480 e.